The topological polar surface area (TPSA) is 99.6 Å². The Morgan fingerprint density at radius 3 is 2.71 bits per heavy atom. The second-order valence-electron chi connectivity index (χ2n) is 4.52. The van der Waals surface area contributed by atoms with Crippen LogP contribution in [0.15, 0.2) is 30.5 Å². The molecule has 2 heterocycles. The number of nitro groups is 1. The van der Waals surface area contributed by atoms with Gasteiger partial charge in [0.25, 0.3) is 5.69 Å². The number of pyridine rings is 1. The molecule has 24 heavy (non-hydrogen) atoms. The van der Waals surface area contributed by atoms with Gasteiger partial charge in [0, 0.05) is 6.07 Å². The van der Waals surface area contributed by atoms with Crippen LogP contribution in [0.4, 0.5) is 20.3 Å². The van der Waals surface area contributed by atoms with Crippen LogP contribution in [0.3, 0.4) is 0 Å². The van der Waals surface area contributed by atoms with Crippen LogP contribution in [0, 0.1) is 21.7 Å². The van der Waals surface area contributed by atoms with E-state index < -0.39 is 34.6 Å². The summed E-state index contributed by atoms with van der Waals surface area (Å²) in [6.45, 7) is 0. The predicted octanol–water partition coefficient (Wildman–Crippen LogP) is 3.61. The van der Waals surface area contributed by atoms with Crippen molar-refractivity contribution in [2.24, 2.45) is 0 Å². The number of non-ortho nitro benzene ring substituents is 1. The van der Waals surface area contributed by atoms with E-state index in [0.717, 1.165) is 24.4 Å². The molecule has 1 aliphatic heterocycles. The summed E-state index contributed by atoms with van der Waals surface area (Å²) >= 11 is 4.01. The Balaban J connectivity index is 0.00000100. The summed E-state index contributed by atoms with van der Waals surface area (Å²) in [4.78, 5) is 13.5. The number of aliphatic hydroxyl groups is 1. The molecule has 0 fully saturated rings. The molecule has 0 spiro atoms. The van der Waals surface area contributed by atoms with Crippen LogP contribution < -0.4 is 4.74 Å². The molecule has 1 aromatic heterocycles. The van der Waals surface area contributed by atoms with Crippen molar-refractivity contribution in [1.29, 1.82) is 0 Å². The van der Waals surface area contributed by atoms with Gasteiger partial charge in [-0.2, -0.15) is 0 Å². The zero-order chi connectivity index (χ0) is 17.9. The van der Waals surface area contributed by atoms with Crippen molar-refractivity contribution in [2.45, 2.75) is 12.3 Å². The van der Waals surface area contributed by atoms with Crippen LogP contribution in [-0.4, -0.2) is 21.2 Å². The molecule has 2 atom stereocenters. The van der Waals surface area contributed by atoms with E-state index in [1.807, 2.05) is 15.1 Å². The van der Waals surface area contributed by atoms with E-state index in [2.05, 4.69) is 30.0 Å². The number of nitrogens with zero attached hydrogens (tertiary/aromatic N) is 3. The van der Waals surface area contributed by atoms with Crippen LogP contribution in [0.2, 0.25) is 0 Å². The molecular formula is C13H8F2IN3O4Os-. The number of halogens is 3. The fraction of sp³-hybridized carbons (Fsp3) is 0.154. The molecule has 1 N–H and O–H groups in total. The first-order valence-electron chi connectivity index (χ1n) is 6.24. The summed E-state index contributed by atoms with van der Waals surface area (Å²) in [6.07, 6.45) is -1.59. The van der Waals surface area contributed by atoms with Crippen molar-refractivity contribution in [1.82, 2.24) is 4.98 Å². The third-order valence-corrected chi connectivity index (χ3v) is 3.07. The average molecular weight is 625 g/mol. The number of hydrogen-bond acceptors (Lipinski definition) is 5. The number of nitro benzene ring substituents is 1. The second kappa shape index (κ2) is 8.09. The molecule has 0 saturated heterocycles. The average Bonchev–Trinajstić information content (AvgIpc) is 2.86. The Morgan fingerprint density at radius 1 is 1.38 bits per heavy atom. The standard InChI is InChI=1S/C13H8F2N3O4.HI.Os/c14-6-3-8-11(13(19)17-12(8)16-5-6)22-10-2-1-7(18(20)21)4-9(10)15;;/h1-5,11,13,19H;1H;/q-1;;+1/p-1. The molecular weight excluding hydrogens is 617 g/mol. The van der Waals surface area contributed by atoms with Gasteiger partial charge >= 0.3 is 34.7 Å². The number of rotatable bonds is 3. The molecule has 2 aromatic rings. The number of hydrogen-bond donors (Lipinski definition) is 1. The van der Waals surface area contributed by atoms with Gasteiger partial charge in [0.05, 0.1) is 11.0 Å². The fourth-order valence-corrected chi connectivity index (χ4v) is 2.08. The van der Waals surface area contributed by atoms with E-state index in [4.69, 9.17) is 4.74 Å². The SMILES string of the molecule is O=[N+]([O-])c1ccc(OC2c3cc(F)cnc3[N-]C2O)c(F)c1.[I][Os]. The third-order valence-electron chi connectivity index (χ3n) is 3.07. The first kappa shape index (κ1) is 18.9. The van der Waals surface area contributed by atoms with Gasteiger partial charge < -0.3 is 20.1 Å². The molecule has 3 rings (SSSR count). The molecule has 2 unspecified atom stereocenters. The minimum atomic E-state index is -1.38. The van der Waals surface area contributed by atoms with Gasteiger partial charge in [0.15, 0.2) is 11.6 Å². The molecule has 11 heteroatoms. The predicted molar refractivity (Wildman–Crippen MR) is 83.7 cm³/mol. The number of aliphatic hydroxyl groups excluding tert-OH is 1. The third kappa shape index (κ3) is 3.96. The summed E-state index contributed by atoms with van der Waals surface area (Å²) in [5.74, 6) is -1.84. The zero-order valence-corrected chi connectivity index (χ0v) is 16.2. The van der Waals surface area contributed by atoms with E-state index in [0.29, 0.717) is 6.07 Å². The van der Waals surface area contributed by atoms with Crippen LogP contribution in [0.1, 0.15) is 11.7 Å². The molecule has 0 saturated carbocycles. The number of fused-ring (bicyclic) bond motifs is 1. The normalized spacial score (nSPS) is 18.0. The van der Waals surface area contributed by atoms with Gasteiger partial charge in [-0.25, -0.2) is 8.78 Å². The van der Waals surface area contributed by atoms with Gasteiger partial charge in [-0.1, -0.05) is 5.82 Å². The van der Waals surface area contributed by atoms with Crippen molar-refractivity contribution in [2.75, 3.05) is 0 Å². The van der Waals surface area contributed by atoms with Crippen LogP contribution in [0.5, 0.6) is 5.75 Å². The molecule has 0 amide bonds. The second-order valence-corrected chi connectivity index (χ2v) is 4.52. The first-order chi connectivity index (χ1) is 11.5. The van der Waals surface area contributed by atoms with E-state index in [1.54, 1.807) is 0 Å². The molecule has 0 aliphatic carbocycles. The molecule has 1 aliphatic rings. The van der Waals surface area contributed by atoms with Crippen molar-refractivity contribution in [3.8, 4) is 5.75 Å². The Labute approximate surface area is 155 Å². The minimum absolute atomic E-state index is 0.0984. The summed E-state index contributed by atoms with van der Waals surface area (Å²) in [5, 5.41) is 24.1. The van der Waals surface area contributed by atoms with E-state index in [-0.39, 0.29) is 17.1 Å². The summed E-state index contributed by atoms with van der Waals surface area (Å²) < 4.78 is 32.3. The number of ether oxygens (including phenoxy) is 1. The van der Waals surface area contributed by atoms with Gasteiger partial charge in [-0.15, -0.1) is 0 Å². The van der Waals surface area contributed by atoms with E-state index in [1.165, 1.54) is 0 Å². The summed E-state index contributed by atoms with van der Waals surface area (Å²) in [6, 6.07) is 3.89. The maximum atomic E-state index is 13.8. The molecule has 7 nitrogen and oxygen atoms in total. The maximum absolute atomic E-state index is 13.8. The van der Waals surface area contributed by atoms with Crippen LogP contribution in [0.25, 0.3) is 5.32 Å². The number of benzene rings is 1. The van der Waals surface area contributed by atoms with Gasteiger partial charge in [0.2, 0.25) is 0 Å². The number of aromatic nitrogens is 1. The van der Waals surface area contributed by atoms with Gasteiger partial charge in [-0.05, 0) is 23.9 Å². The van der Waals surface area contributed by atoms with Crippen molar-refractivity contribution in [3.05, 3.63) is 63.1 Å². The summed E-state index contributed by atoms with van der Waals surface area (Å²) in [5.41, 5.74) is -0.264. The van der Waals surface area contributed by atoms with Gasteiger partial charge in [-0.3, -0.25) is 10.1 Å². The monoisotopic (exact) mass is 627 g/mol. The molecule has 129 valence electrons. The molecule has 1 aromatic carbocycles. The fourth-order valence-electron chi connectivity index (χ4n) is 2.08. The Morgan fingerprint density at radius 2 is 2.08 bits per heavy atom. The Bertz CT molecular complexity index is 768. The molecule has 0 bridgehead atoms. The zero-order valence-electron chi connectivity index (χ0n) is 11.5. The van der Waals surface area contributed by atoms with E-state index >= 15 is 0 Å². The van der Waals surface area contributed by atoms with Crippen LogP contribution >= 0.6 is 19.7 Å². The summed E-state index contributed by atoms with van der Waals surface area (Å²) in [7, 11) is 0. The first-order valence-corrected chi connectivity index (χ1v) is 13.4. The van der Waals surface area contributed by atoms with Gasteiger partial charge in [0.1, 0.15) is 18.1 Å². The van der Waals surface area contributed by atoms with Crippen LogP contribution in [-0.2, 0) is 15.1 Å². The van der Waals surface area contributed by atoms with Crippen molar-refractivity contribution in [3.63, 3.8) is 0 Å². The van der Waals surface area contributed by atoms with Crippen molar-refractivity contribution < 1.29 is 38.6 Å². The molecule has 0 radical (unpaired) electrons. The quantitative estimate of drug-likeness (QED) is 0.320. The van der Waals surface area contributed by atoms with E-state index in [9.17, 15) is 24.0 Å². The Kier molecular flexibility index (Phi) is 6.37. The van der Waals surface area contributed by atoms with Crippen molar-refractivity contribution >= 4 is 31.2 Å². The Hall–Kier alpha value is -1.44.